The van der Waals surface area contributed by atoms with Crippen molar-refractivity contribution < 1.29 is 8.42 Å². The predicted molar refractivity (Wildman–Crippen MR) is 85.7 cm³/mol. The zero-order valence-electron chi connectivity index (χ0n) is 11.8. The van der Waals surface area contributed by atoms with Crippen LogP contribution in [0.2, 0.25) is 0 Å². The highest BCUT2D eigenvalue weighted by molar-refractivity contribution is 8.00. The highest BCUT2D eigenvalue weighted by Crippen LogP contribution is 2.43. The zero-order chi connectivity index (χ0) is 14.8. The highest BCUT2D eigenvalue weighted by Gasteiger charge is 2.36. The summed E-state index contributed by atoms with van der Waals surface area (Å²) >= 11 is 1.85. The van der Waals surface area contributed by atoms with E-state index in [9.17, 15) is 8.42 Å². The van der Waals surface area contributed by atoms with Gasteiger partial charge in [0.15, 0.2) is 0 Å². The van der Waals surface area contributed by atoms with Crippen LogP contribution in [0.3, 0.4) is 0 Å². The Hall–Kier alpha value is -0.920. The first kappa shape index (κ1) is 15.5. The number of nitrogen functional groups attached to an aromatic ring is 1. The van der Waals surface area contributed by atoms with Crippen molar-refractivity contribution in [1.29, 1.82) is 0 Å². The van der Waals surface area contributed by atoms with E-state index in [4.69, 9.17) is 5.73 Å². The van der Waals surface area contributed by atoms with Crippen LogP contribution in [0.4, 0.5) is 11.4 Å². The topological polar surface area (TPSA) is 84.2 Å². The van der Waals surface area contributed by atoms with Gasteiger partial charge < -0.3 is 11.1 Å². The fraction of sp³-hybridized carbons (Fsp3) is 0.538. The largest absolute Gasteiger partial charge is 0.399 e. The van der Waals surface area contributed by atoms with Crippen LogP contribution in [-0.4, -0.2) is 33.0 Å². The number of sulfonamides is 1. The molecule has 0 aromatic heterocycles. The first-order chi connectivity index (χ1) is 9.42. The molecule has 0 heterocycles. The second-order valence-electron chi connectivity index (χ2n) is 5.06. The van der Waals surface area contributed by atoms with Crippen molar-refractivity contribution in [2.45, 2.75) is 28.9 Å². The van der Waals surface area contributed by atoms with Gasteiger partial charge in [0.05, 0.1) is 5.69 Å². The van der Waals surface area contributed by atoms with Gasteiger partial charge in [0, 0.05) is 17.0 Å². The number of benzene rings is 1. The van der Waals surface area contributed by atoms with E-state index in [-0.39, 0.29) is 9.64 Å². The molecule has 1 aromatic rings. The van der Waals surface area contributed by atoms with Crippen LogP contribution in [0, 0.1) is 0 Å². The normalized spacial score (nSPS) is 17.5. The molecule has 0 unspecified atom stereocenters. The van der Waals surface area contributed by atoms with Crippen molar-refractivity contribution in [2.24, 2.45) is 0 Å². The number of hydrogen-bond donors (Lipinski definition) is 3. The Morgan fingerprint density at radius 3 is 2.60 bits per heavy atom. The first-order valence-electron chi connectivity index (χ1n) is 6.54. The van der Waals surface area contributed by atoms with Gasteiger partial charge >= 0.3 is 0 Å². The van der Waals surface area contributed by atoms with E-state index >= 15 is 0 Å². The Morgan fingerprint density at radius 2 is 2.10 bits per heavy atom. The average molecular weight is 315 g/mol. The molecule has 5 nitrogen and oxygen atoms in total. The summed E-state index contributed by atoms with van der Waals surface area (Å²) in [6, 6.07) is 4.93. The first-order valence-corrected chi connectivity index (χ1v) is 9.25. The number of rotatable bonds is 6. The summed E-state index contributed by atoms with van der Waals surface area (Å²) < 4.78 is 26.7. The Kier molecular flexibility index (Phi) is 4.51. The molecule has 1 aliphatic rings. The average Bonchev–Trinajstić information content (AvgIpc) is 2.39. The molecule has 0 atom stereocenters. The molecule has 1 fully saturated rings. The maximum absolute atomic E-state index is 12.0. The van der Waals surface area contributed by atoms with E-state index in [2.05, 4.69) is 16.3 Å². The highest BCUT2D eigenvalue weighted by atomic mass is 32.2. The standard InChI is InChI=1S/C13H21N3O2S2/c1-15-20(17,18)12-8-10(14)4-5-11(12)16-9-13(19-2)6-3-7-13/h4-5,8,15-16H,3,6-7,9,14H2,1-2H3. The van der Waals surface area contributed by atoms with Crippen molar-refractivity contribution in [3.8, 4) is 0 Å². The van der Waals surface area contributed by atoms with Gasteiger partial charge in [-0.25, -0.2) is 13.1 Å². The van der Waals surface area contributed by atoms with Crippen molar-refractivity contribution in [2.75, 3.05) is 30.9 Å². The summed E-state index contributed by atoms with van der Waals surface area (Å²) in [6.45, 7) is 0.768. The number of nitrogens with one attached hydrogen (secondary N) is 2. The fourth-order valence-corrected chi connectivity index (χ4v) is 4.15. The van der Waals surface area contributed by atoms with Gasteiger partial charge in [-0.2, -0.15) is 11.8 Å². The minimum atomic E-state index is -3.51. The van der Waals surface area contributed by atoms with E-state index in [0.29, 0.717) is 11.4 Å². The maximum atomic E-state index is 12.0. The Morgan fingerprint density at radius 1 is 1.40 bits per heavy atom. The molecule has 1 saturated carbocycles. The number of thioether (sulfide) groups is 1. The van der Waals surface area contributed by atoms with E-state index in [1.54, 1.807) is 12.1 Å². The summed E-state index contributed by atoms with van der Waals surface area (Å²) in [5.74, 6) is 0. The molecular formula is C13H21N3O2S2. The molecule has 0 radical (unpaired) electrons. The number of nitrogens with two attached hydrogens (primary N) is 1. The molecule has 1 aliphatic carbocycles. The van der Waals surface area contributed by atoms with Crippen molar-refractivity contribution in [1.82, 2.24) is 4.72 Å². The van der Waals surface area contributed by atoms with Crippen LogP contribution >= 0.6 is 11.8 Å². The van der Waals surface area contributed by atoms with Gasteiger partial charge in [0.25, 0.3) is 0 Å². The van der Waals surface area contributed by atoms with Crippen LogP contribution in [0.1, 0.15) is 19.3 Å². The SMILES string of the molecule is CNS(=O)(=O)c1cc(N)ccc1NCC1(SC)CCC1. The second kappa shape index (κ2) is 5.83. The van der Waals surface area contributed by atoms with Gasteiger partial charge in [-0.05, 0) is 44.3 Å². The lowest BCUT2D eigenvalue weighted by Gasteiger charge is -2.40. The number of hydrogen-bond acceptors (Lipinski definition) is 5. The zero-order valence-corrected chi connectivity index (χ0v) is 13.4. The molecule has 4 N–H and O–H groups in total. The summed E-state index contributed by atoms with van der Waals surface area (Å²) in [6.07, 6.45) is 5.69. The fourth-order valence-electron chi connectivity index (χ4n) is 2.30. The van der Waals surface area contributed by atoms with Crippen LogP contribution in [0.25, 0.3) is 0 Å². The van der Waals surface area contributed by atoms with E-state index < -0.39 is 10.0 Å². The van der Waals surface area contributed by atoms with Crippen LogP contribution < -0.4 is 15.8 Å². The monoisotopic (exact) mass is 315 g/mol. The Bertz CT molecular complexity index is 578. The molecule has 0 bridgehead atoms. The molecule has 1 aromatic carbocycles. The van der Waals surface area contributed by atoms with Gasteiger partial charge in [-0.3, -0.25) is 0 Å². The van der Waals surface area contributed by atoms with Crippen LogP contribution in [0.5, 0.6) is 0 Å². The van der Waals surface area contributed by atoms with Crippen LogP contribution in [0.15, 0.2) is 23.1 Å². The minimum absolute atomic E-state index is 0.204. The van der Waals surface area contributed by atoms with Crippen molar-refractivity contribution >= 4 is 33.2 Å². The summed E-state index contributed by atoms with van der Waals surface area (Å²) in [5.41, 5.74) is 6.74. The molecule has 0 spiro atoms. The molecule has 20 heavy (non-hydrogen) atoms. The Labute approximate surface area is 124 Å². The lowest BCUT2D eigenvalue weighted by atomic mass is 9.84. The van der Waals surface area contributed by atoms with Gasteiger partial charge in [-0.1, -0.05) is 6.42 Å². The van der Waals surface area contributed by atoms with Crippen molar-refractivity contribution in [3.05, 3.63) is 18.2 Å². The molecule has 112 valence electrons. The predicted octanol–water partition coefficient (Wildman–Crippen LogP) is 1.87. The second-order valence-corrected chi connectivity index (χ2v) is 8.19. The molecular weight excluding hydrogens is 294 g/mol. The summed E-state index contributed by atoms with van der Waals surface area (Å²) in [7, 11) is -2.11. The molecule has 0 amide bonds. The smallest absolute Gasteiger partial charge is 0.242 e. The van der Waals surface area contributed by atoms with E-state index in [1.807, 2.05) is 11.8 Å². The molecule has 2 rings (SSSR count). The van der Waals surface area contributed by atoms with Crippen LogP contribution in [-0.2, 0) is 10.0 Å². The maximum Gasteiger partial charge on any atom is 0.242 e. The molecule has 7 heteroatoms. The minimum Gasteiger partial charge on any atom is -0.399 e. The van der Waals surface area contributed by atoms with Gasteiger partial charge in [0.1, 0.15) is 4.90 Å². The van der Waals surface area contributed by atoms with Gasteiger partial charge in [0.2, 0.25) is 10.0 Å². The third-order valence-electron chi connectivity index (χ3n) is 3.86. The summed E-state index contributed by atoms with van der Waals surface area (Å²) in [4.78, 5) is 0.204. The lowest BCUT2D eigenvalue weighted by Crippen LogP contribution is -2.40. The molecule has 0 saturated heterocycles. The lowest BCUT2D eigenvalue weighted by molar-refractivity contribution is 0.379. The Balaban J connectivity index is 2.23. The van der Waals surface area contributed by atoms with E-state index in [0.717, 1.165) is 6.54 Å². The third kappa shape index (κ3) is 3.05. The summed E-state index contributed by atoms with van der Waals surface area (Å²) in [5, 5.41) is 3.28. The number of anilines is 2. The van der Waals surface area contributed by atoms with E-state index in [1.165, 1.54) is 32.4 Å². The van der Waals surface area contributed by atoms with Gasteiger partial charge in [-0.15, -0.1) is 0 Å². The third-order valence-corrected chi connectivity index (χ3v) is 6.74. The van der Waals surface area contributed by atoms with Crippen molar-refractivity contribution in [3.63, 3.8) is 0 Å². The molecule has 0 aliphatic heterocycles. The quantitative estimate of drug-likeness (QED) is 0.698.